The van der Waals surface area contributed by atoms with Crippen molar-refractivity contribution in [3.05, 3.63) is 24.7 Å². The molecular formula is C16H24N8O. The van der Waals surface area contributed by atoms with Crippen molar-refractivity contribution in [3.63, 3.8) is 0 Å². The Hall–Kier alpha value is -2.26. The van der Waals surface area contributed by atoms with Crippen molar-refractivity contribution in [1.29, 1.82) is 0 Å². The van der Waals surface area contributed by atoms with E-state index in [0.29, 0.717) is 12.0 Å². The number of likely N-dealkylation sites (tertiary alicyclic amines) is 1. The zero-order valence-corrected chi connectivity index (χ0v) is 14.3. The SMILES string of the molecule is c1cc(N2CCOCC2)nc(NC2CCN(CCn3nccn3)C2)n1. The van der Waals surface area contributed by atoms with Crippen LogP contribution in [0.1, 0.15) is 6.42 Å². The molecule has 0 spiro atoms. The third-order valence-corrected chi connectivity index (χ3v) is 4.66. The summed E-state index contributed by atoms with van der Waals surface area (Å²) in [5.41, 5.74) is 0. The smallest absolute Gasteiger partial charge is 0.224 e. The van der Waals surface area contributed by atoms with Crippen LogP contribution in [0.5, 0.6) is 0 Å². The Bertz CT molecular complexity index is 658. The third kappa shape index (κ3) is 4.23. The first-order valence-electron chi connectivity index (χ1n) is 8.85. The number of anilines is 2. The van der Waals surface area contributed by atoms with Crippen LogP contribution in [-0.4, -0.2) is 81.8 Å². The molecule has 0 amide bonds. The lowest BCUT2D eigenvalue weighted by Crippen LogP contribution is -2.37. The molecule has 0 radical (unpaired) electrons. The van der Waals surface area contributed by atoms with Gasteiger partial charge in [0.2, 0.25) is 5.95 Å². The van der Waals surface area contributed by atoms with Crippen LogP contribution in [0, 0.1) is 0 Å². The molecule has 25 heavy (non-hydrogen) atoms. The zero-order valence-electron chi connectivity index (χ0n) is 14.3. The van der Waals surface area contributed by atoms with Crippen LogP contribution in [0.3, 0.4) is 0 Å². The van der Waals surface area contributed by atoms with Crippen LogP contribution < -0.4 is 10.2 Å². The van der Waals surface area contributed by atoms with Crippen molar-refractivity contribution in [2.24, 2.45) is 0 Å². The lowest BCUT2D eigenvalue weighted by atomic mass is 10.3. The molecule has 2 aromatic rings. The van der Waals surface area contributed by atoms with E-state index in [1.165, 1.54) is 0 Å². The fourth-order valence-corrected chi connectivity index (χ4v) is 3.31. The van der Waals surface area contributed by atoms with Gasteiger partial charge in [-0.15, -0.1) is 0 Å². The van der Waals surface area contributed by atoms with Crippen LogP contribution in [0.2, 0.25) is 0 Å². The summed E-state index contributed by atoms with van der Waals surface area (Å²) in [5, 5.41) is 11.8. The number of hydrogen-bond donors (Lipinski definition) is 1. The Labute approximate surface area is 147 Å². The third-order valence-electron chi connectivity index (χ3n) is 4.66. The molecule has 0 aromatic carbocycles. The first kappa shape index (κ1) is 16.2. The number of ether oxygens (including phenoxy) is 1. The molecule has 1 unspecified atom stereocenters. The molecule has 2 saturated heterocycles. The number of hydrogen-bond acceptors (Lipinski definition) is 8. The standard InChI is InChI=1S/C16H24N8O/c1-3-17-16(21-15(1)23-9-11-25-12-10-23)20-14-2-6-22(13-14)7-8-24-18-4-5-19-24/h1,3-5,14H,2,6-13H2,(H,17,20,21). The van der Waals surface area contributed by atoms with Gasteiger partial charge < -0.3 is 15.0 Å². The van der Waals surface area contributed by atoms with Gasteiger partial charge in [0.15, 0.2) is 0 Å². The van der Waals surface area contributed by atoms with E-state index < -0.39 is 0 Å². The number of nitrogens with zero attached hydrogens (tertiary/aromatic N) is 7. The van der Waals surface area contributed by atoms with Gasteiger partial charge in [0.1, 0.15) is 5.82 Å². The Morgan fingerprint density at radius 3 is 2.76 bits per heavy atom. The second kappa shape index (κ2) is 7.75. The number of rotatable bonds is 6. The van der Waals surface area contributed by atoms with Gasteiger partial charge in [-0.1, -0.05) is 0 Å². The second-order valence-corrected chi connectivity index (χ2v) is 6.39. The van der Waals surface area contributed by atoms with E-state index in [1.54, 1.807) is 17.2 Å². The molecule has 9 heteroatoms. The summed E-state index contributed by atoms with van der Waals surface area (Å²) in [6, 6.07) is 2.35. The number of aromatic nitrogens is 5. The van der Waals surface area contributed by atoms with Crippen LogP contribution >= 0.6 is 0 Å². The highest BCUT2D eigenvalue weighted by Crippen LogP contribution is 2.17. The van der Waals surface area contributed by atoms with Gasteiger partial charge in [-0.3, -0.25) is 4.90 Å². The van der Waals surface area contributed by atoms with Crippen LogP contribution in [0.4, 0.5) is 11.8 Å². The molecular weight excluding hydrogens is 320 g/mol. The van der Waals surface area contributed by atoms with Gasteiger partial charge in [0, 0.05) is 45.0 Å². The Balaban J connectivity index is 1.29. The number of morpholine rings is 1. The van der Waals surface area contributed by atoms with E-state index >= 15 is 0 Å². The molecule has 1 atom stereocenters. The van der Waals surface area contributed by atoms with E-state index in [9.17, 15) is 0 Å². The Morgan fingerprint density at radius 2 is 1.92 bits per heavy atom. The summed E-state index contributed by atoms with van der Waals surface area (Å²) < 4.78 is 5.40. The maximum Gasteiger partial charge on any atom is 0.224 e. The van der Waals surface area contributed by atoms with E-state index in [4.69, 9.17) is 4.74 Å². The molecule has 0 aliphatic carbocycles. The molecule has 4 rings (SSSR count). The molecule has 2 aromatic heterocycles. The lowest BCUT2D eigenvalue weighted by molar-refractivity contribution is 0.122. The average Bonchev–Trinajstić information content (AvgIpc) is 3.33. The normalized spacial score (nSPS) is 21.6. The molecule has 134 valence electrons. The van der Waals surface area contributed by atoms with Crippen molar-refractivity contribution in [1.82, 2.24) is 29.9 Å². The maximum absolute atomic E-state index is 5.40. The van der Waals surface area contributed by atoms with Gasteiger partial charge in [-0.05, 0) is 12.5 Å². The van der Waals surface area contributed by atoms with Crippen molar-refractivity contribution in [2.45, 2.75) is 19.0 Å². The second-order valence-electron chi connectivity index (χ2n) is 6.39. The van der Waals surface area contributed by atoms with Crippen LogP contribution in [0.25, 0.3) is 0 Å². The zero-order chi connectivity index (χ0) is 16.9. The van der Waals surface area contributed by atoms with Gasteiger partial charge in [-0.25, -0.2) is 4.98 Å². The van der Waals surface area contributed by atoms with Crippen molar-refractivity contribution >= 4 is 11.8 Å². The molecule has 1 N–H and O–H groups in total. The summed E-state index contributed by atoms with van der Waals surface area (Å²) in [6.45, 7) is 7.13. The average molecular weight is 344 g/mol. The Morgan fingerprint density at radius 1 is 1.08 bits per heavy atom. The molecule has 0 bridgehead atoms. The highest BCUT2D eigenvalue weighted by molar-refractivity contribution is 5.43. The van der Waals surface area contributed by atoms with E-state index in [-0.39, 0.29) is 0 Å². The summed E-state index contributed by atoms with van der Waals surface area (Å²) in [4.78, 5) is 15.5. The Kier molecular flexibility index (Phi) is 5.03. The predicted molar refractivity (Wildman–Crippen MR) is 93.6 cm³/mol. The minimum absolute atomic E-state index is 0.380. The fraction of sp³-hybridized carbons (Fsp3) is 0.625. The summed E-state index contributed by atoms with van der Waals surface area (Å²) in [7, 11) is 0. The maximum atomic E-state index is 5.40. The molecule has 0 saturated carbocycles. The van der Waals surface area contributed by atoms with Crippen molar-refractivity contribution in [3.8, 4) is 0 Å². The number of nitrogens with one attached hydrogen (secondary N) is 1. The first-order valence-corrected chi connectivity index (χ1v) is 8.85. The largest absolute Gasteiger partial charge is 0.378 e. The van der Waals surface area contributed by atoms with Crippen molar-refractivity contribution < 1.29 is 4.74 Å². The van der Waals surface area contributed by atoms with Crippen molar-refractivity contribution in [2.75, 3.05) is 56.2 Å². The topological polar surface area (TPSA) is 84.2 Å². The van der Waals surface area contributed by atoms with Gasteiger partial charge >= 0.3 is 0 Å². The van der Waals surface area contributed by atoms with Crippen LogP contribution in [0.15, 0.2) is 24.7 Å². The van der Waals surface area contributed by atoms with E-state index in [1.807, 2.05) is 12.3 Å². The van der Waals surface area contributed by atoms with Gasteiger partial charge in [0.05, 0.1) is 32.2 Å². The highest BCUT2D eigenvalue weighted by atomic mass is 16.5. The first-order chi connectivity index (χ1) is 12.4. The molecule has 2 aliphatic rings. The minimum Gasteiger partial charge on any atom is -0.378 e. The summed E-state index contributed by atoms with van der Waals surface area (Å²) in [6.07, 6.45) is 6.36. The minimum atomic E-state index is 0.380. The lowest BCUT2D eigenvalue weighted by Gasteiger charge is -2.28. The quantitative estimate of drug-likeness (QED) is 0.789. The molecule has 2 fully saturated rings. The molecule has 4 heterocycles. The summed E-state index contributed by atoms with van der Waals surface area (Å²) >= 11 is 0. The molecule has 9 nitrogen and oxygen atoms in total. The van der Waals surface area contributed by atoms with Gasteiger partial charge in [-0.2, -0.15) is 20.0 Å². The van der Waals surface area contributed by atoms with Crippen LogP contribution in [-0.2, 0) is 11.3 Å². The molecule has 2 aliphatic heterocycles. The monoisotopic (exact) mass is 344 g/mol. The highest BCUT2D eigenvalue weighted by Gasteiger charge is 2.23. The fourth-order valence-electron chi connectivity index (χ4n) is 3.31. The van der Waals surface area contributed by atoms with Gasteiger partial charge in [0.25, 0.3) is 0 Å². The summed E-state index contributed by atoms with van der Waals surface area (Å²) in [5.74, 6) is 1.69. The van der Waals surface area contributed by atoms with E-state index in [0.717, 1.165) is 64.7 Å². The predicted octanol–water partition coefficient (Wildman–Crippen LogP) is 0.0911. The van der Waals surface area contributed by atoms with E-state index in [2.05, 4.69) is 35.3 Å².